The average molecular weight is 435 g/mol. The van der Waals surface area contributed by atoms with Crippen molar-refractivity contribution in [3.05, 3.63) is 58.4 Å². The number of methoxy groups -OCH3 is 2. The van der Waals surface area contributed by atoms with Gasteiger partial charge in [0.25, 0.3) is 0 Å². The number of nitrogens with zero attached hydrogens (tertiary/aromatic N) is 1. The highest BCUT2D eigenvalue weighted by atomic mass is 35.5. The maximum atomic E-state index is 14.5. The molecule has 2 aromatic rings. The Kier molecular flexibility index (Phi) is 7.94. The fourth-order valence-corrected chi connectivity index (χ4v) is 4.15. The topological polar surface area (TPSA) is 50.8 Å². The van der Waals surface area contributed by atoms with Gasteiger partial charge in [-0.1, -0.05) is 17.7 Å². The van der Waals surface area contributed by atoms with Gasteiger partial charge in [-0.05, 0) is 62.2 Å². The van der Waals surface area contributed by atoms with Crippen LogP contribution in [0.3, 0.4) is 0 Å². The van der Waals surface area contributed by atoms with Crippen LogP contribution in [0, 0.1) is 5.82 Å². The van der Waals surface area contributed by atoms with Crippen molar-refractivity contribution in [2.75, 3.05) is 33.9 Å². The van der Waals surface area contributed by atoms with Gasteiger partial charge in [-0.2, -0.15) is 0 Å². The van der Waals surface area contributed by atoms with Gasteiger partial charge in [0.05, 0.1) is 20.3 Å². The van der Waals surface area contributed by atoms with Gasteiger partial charge in [-0.25, -0.2) is 4.39 Å². The highest BCUT2D eigenvalue weighted by Gasteiger charge is 2.28. The molecule has 1 heterocycles. The van der Waals surface area contributed by atoms with Crippen molar-refractivity contribution >= 4 is 17.5 Å². The van der Waals surface area contributed by atoms with E-state index in [1.165, 1.54) is 6.07 Å². The maximum absolute atomic E-state index is 14.5. The Balaban J connectivity index is 1.64. The molecule has 3 rings (SSSR count). The first-order valence-corrected chi connectivity index (χ1v) is 10.6. The van der Waals surface area contributed by atoms with E-state index in [1.807, 2.05) is 12.1 Å². The van der Waals surface area contributed by atoms with Crippen molar-refractivity contribution in [3.8, 4) is 11.5 Å². The summed E-state index contributed by atoms with van der Waals surface area (Å²) in [6, 6.07) is 10.0. The van der Waals surface area contributed by atoms with E-state index < -0.39 is 0 Å². The highest BCUT2D eigenvalue weighted by Crippen LogP contribution is 2.32. The highest BCUT2D eigenvalue weighted by molar-refractivity contribution is 6.31. The molecule has 1 saturated heterocycles. The van der Waals surface area contributed by atoms with Gasteiger partial charge < -0.3 is 14.8 Å². The zero-order valence-corrected chi connectivity index (χ0v) is 18.2. The normalized spacial score (nSPS) is 15.1. The van der Waals surface area contributed by atoms with Crippen LogP contribution < -0.4 is 14.8 Å². The summed E-state index contributed by atoms with van der Waals surface area (Å²) in [5, 5.41) is 3.36. The van der Waals surface area contributed by atoms with Crippen molar-refractivity contribution in [1.29, 1.82) is 0 Å². The van der Waals surface area contributed by atoms with E-state index in [4.69, 9.17) is 21.1 Å². The molecule has 1 fully saturated rings. The number of ether oxygens (including phenoxy) is 2. The number of nitrogens with one attached hydrogen (secondary N) is 1. The third kappa shape index (κ3) is 5.64. The number of aryl methyl sites for hydroxylation is 1. The molecule has 1 unspecified atom stereocenters. The summed E-state index contributed by atoms with van der Waals surface area (Å²) in [5.41, 5.74) is 1.41. The summed E-state index contributed by atoms with van der Waals surface area (Å²) in [7, 11) is 3.19. The van der Waals surface area contributed by atoms with Crippen LogP contribution in [0.25, 0.3) is 0 Å². The van der Waals surface area contributed by atoms with Gasteiger partial charge in [-0.3, -0.25) is 9.69 Å². The van der Waals surface area contributed by atoms with Crippen LogP contribution in [-0.2, 0) is 11.2 Å². The van der Waals surface area contributed by atoms with Crippen LogP contribution in [-0.4, -0.2) is 44.7 Å². The standard InChI is InChI=1S/C23H28ClFN2O3/c1-29-17-12-16(13-18(14-17)30-2)8-9-22(28)26-15-21(27-10-3-4-11-27)23-19(24)6-5-7-20(23)25/h5-7,12-14,21H,3-4,8-11,15H2,1-2H3,(H,26,28). The lowest BCUT2D eigenvalue weighted by Gasteiger charge is -2.29. The number of carbonyl (C=O) groups is 1. The zero-order chi connectivity index (χ0) is 21.5. The molecule has 0 bridgehead atoms. The van der Waals surface area contributed by atoms with Crippen molar-refractivity contribution in [3.63, 3.8) is 0 Å². The van der Waals surface area contributed by atoms with Crippen LogP contribution >= 0.6 is 11.6 Å². The Hall–Kier alpha value is -2.31. The molecule has 1 amide bonds. The Labute approximate surface area is 182 Å². The summed E-state index contributed by atoms with van der Waals surface area (Å²) in [6.07, 6.45) is 2.99. The summed E-state index contributed by atoms with van der Waals surface area (Å²) in [6.45, 7) is 2.06. The maximum Gasteiger partial charge on any atom is 0.220 e. The average Bonchev–Trinajstić information content (AvgIpc) is 3.28. The first kappa shape index (κ1) is 22.4. The molecule has 162 valence electrons. The number of hydrogen-bond acceptors (Lipinski definition) is 4. The smallest absolute Gasteiger partial charge is 0.220 e. The second kappa shape index (κ2) is 10.6. The fourth-order valence-electron chi connectivity index (χ4n) is 3.86. The van der Waals surface area contributed by atoms with Gasteiger partial charge >= 0.3 is 0 Å². The van der Waals surface area contributed by atoms with Crippen LogP contribution in [0.1, 0.15) is 36.4 Å². The molecule has 1 aliphatic rings. The Morgan fingerprint density at radius 3 is 2.43 bits per heavy atom. The van der Waals surface area contributed by atoms with E-state index in [0.29, 0.717) is 41.5 Å². The Bertz CT molecular complexity index is 829. The molecule has 0 saturated carbocycles. The van der Waals surface area contributed by atoms with E-state index in [9.17, 15) is 9.18 Å². The molecule has 0 aliphatic carbocycles. The van der Waals surface area contributed by atoms with Crippen LogP contribution in [0.2, 0.25) is 5.02 Å². The van der Waals surface area contributed by atoms with Gasteiger partial charge in [0, 0.05) is 29.6 Å². The minimum Gasteiger partial charge on any atom is -0.497 e. The molecule has 1 N–H and O–H groups in total. The Morgan fingerprint density at radius 2 is 1.83 bits per heavy atom. The molecule has 2 aromatic carbocycles. The van der Waals surface area contributed by atoms with E-state index in [0.717, 1.165) is 31.5 Å². The predicted octanol–water partition coefficient (Wildman–Crippen LogP) is 4.38. The van der Waals surface area contributed by atoms with Crippen LogP contribution in [0.4, 0.5) is 4.39 Å². The number of halogens is 2. The van der Waals surface area contributed by atoms with Crippen molar-refractivity contribution < 1.29 is 18.7 Å². The van der Waals surface area contributed by atoms with E-state index in [1.54, 1.807) is 32.4 Å². The molecule has 0 spiro atoms. The molecule has 30 heavy (non-hydrogen) atoms. The van der Waals surface area contributed by atoms with Gasteiger partial charge in [0.2, 0.25) is 5.91 Å². The summed E-state index contributed by atoms with van der Waals surface area (Å²) < 4.78 is 25.1. The second-order valence-corrected chi connectivity index (χ2v) is 7.83. The van der Waals surface area contributed by atoms with Gasteiger partial charge in [0.1, 0.15) is 17.3 Å². The third-order valence-corrected chi connectivity index (χ3v) is 5.79. The zero-order valence-electron chi connectivity index (χ0n) is 17.4. The molecular formula is C23H28ClFN2O3. The monoisotopic (exact) mass is 434 g/mol. The number of amides is 1. The lowest BCUT2D eigenvalue weighted by atomic mass is 10.0. The number of likely N-dealkylation sites (tertiary alicyclic amines) is 1. The minimum absolute atomic E-state index is 0.0894. The first-order valence-electron chi connectivity index (χ1n) is 10.2. The SMILES string of the molecule is COc1cc(CCC(=O)NCC(c2c(F)cccc2Cl)N2CCCC2)cc(OC)c1. The number of hydrogen-bond donors (Lipinski definition) is 1. The minimum atomic E-state index is -0.336. The molecule has 0 aromatic heterocycles. The predicted molar refractivity (Wildman–Crippen MR) is 116 cm³/mol. The summed E-state index contributed by atoms with van der Waals surface area (Å²) in [5.74, 6) is 0.951. The van der Waals surface area contributed by atoms with Crippen molar-refractivity contribution in [1.82, 2.24) is 10.2 Å². The van der Waals surface area contributed by atoms with Crippen molar-refractivity contribution in [2.24, 2.45) is 0 Å². The number of carbonyl (C=O) groups excluding carboxylic acids is 1. The third-order valence-electron chi connectivity index (χ3n) is 5.46. The van der Waals surface area contributed by atoms with Gasteiger partial charge in [0.15, 0.2) is 0 Å². The number of benzene rings is 2. The quantitative estimate of drug-likeness (QED) is 0.636. The molecule has 1 aliphatic heterocycles. The molecular weight excluding hydrogens is 407 g/mol. The molecule has 5 nitrogen and oxygen atoms in total. The lowest BCUT2D eigenvalue weighted by Crippen LogP contribution is -2.37. The summed E-state index contributed by atoms with van der Waals surface area (Å²) in [4.78, 5) is 14.7. The molecule has 1 atom stereocenters. The first-order chi connectivity index (χ1) is 14.5. The van der Waals surface area contributed by atoms with Crippen molar-refractivity contribution in [2.45, 2.75) is 31.7 Å². The fraction of sp³-hybridized carbons (Fsp3) is 0.435. The lowest BCUT2D eigenvalue weighted by molar-refractivity contribution is -0.121. The molecule has 7 heteroatoms. The van der Waals surface area contributed by atoms with Crippen LogP contribution in [0.5, 0.6) is 11.5 Å². The second-order valence-electron chi connectivity index (χ2n) is 7.42. The molecule has 0 radical (unpaired) electrons. The largest absolute Gasteiger partial charge is 0.497 e. The number of rotatable bonds is 9. The van der Waals surface area contributed by atoms with Crippen LogP contribution in [0.15, 0.2) is 36.4 Å². The van der Waals surface area contributed by atoms with Gasteiger partial charge in [-0.15, -0.1) is 0 Å². The van der Waals surface area contributed by atoms with E-state index in [2.05, 4.69) is 10.2 Å². The van der Waals surface area contributed by atoms with E-state index >= 15 is 0 Å². The van der Waals surface area contributed by atoms with E-state index in [-0.39, 0.29) is 17.8 Å². The Morgan fingerprint density at radius 1 is 1.17 bits per heavy atom. The summed E-state index contributed by atoms with van der Waals surface area (Å²) >= 11 is 6.31.